The molecule has 0 saturated carbocycles. The van der Waals surface area contributed by atoms with Crippen molar-refractivity contribution >= 4 is 252 Å². The first-order valence-corrected chi connectivity index (χ1v) is 52.9. The quantitative estimate of drug-likeness (QED) is 0.107. The van der Waals surface area contributed by atoms with E-state index in [-0.39, 0.29) is 0 Å². The molecule has 7 heterocycles. The summed E-state index contributed by atoms with van der Waals surface area (Å²) >= 11 is 5.68. The number of thiophene rings is 3. The summed E-state index contributed by atoms with van der Waals surface area (Å²) in [5, 5.41) is 34.5. The summed E-state index contributed by atoms with van der Waals surface area (Å²) in [6.07, 6.45) is 0.872. The Morgan fingerprint density at radius 1 is 0.190 bits per heavy atom. The van der Waals surface area contributed by atoms with Gasteiger partial charge in [0, 0.05) is 89.1 Å². The van der Waals surface area contributed by atoms with Crippen molar-refractivity contribution in [2.45, 2.75) is 20.3 Å². The summed E-state index contributed by atoms with van der Waals surface area (Å²) in [5.74, 6) is 2.07. The minimum Gasteiger partial charge on any atom is -0.297 e. The highest BCUT2D eigenvalue weighted by Crippen LogP contribution is 2.53. The van der Waals surface area contributed by atoms with Crippen molar-refractivity contribution in [2.75, 3.05) is 0 Å². The summed E-state index contributed by atoms with van der Waals surface area (Å²) in [5.41, 5.74) is 26.0. The smallest absolute Gasteiger partial charge is 0.146 e. The number of hydrogen-bond acceptors (Lipinski definition) is 6. The molecule has 7 aromatic heterocycles. The largest absolute Gasteiger partial charge is 0.297 e. The van der Waals surface area contributed by atoms with E-state index < -0.39 is 0 Å². The average molecular weight is 1920 g/mol. The van der Waals surface area contributed by atoms with Gasteiger partial charge in [-0.2, -0.15) is 0 Å². The lowest BCUT2D eigenvalue weighted by Crippen LogP contribution is -2.00. The summed E-state index contributed by atoms with van der Waals surface area (Å²) in [7, 11) is 0. The lowest BCUT2D eigenvalue weighted by atomic mass is 9.85. The van der Waals surface area contributed by atoms with Gasteiger partial charge in [0.2, 0.25) is 0 Å². The van der Waals surface area contributed by atoms with Gasteiger partial charge in [0.15, 0.2) is 0 Å². The van der Waals surface area contributed by atoms with Crippen molar-refractivity contribution in [3.05, 3.63) is 485 Å². The maximum absolute atomic E-state index is 5.10. The number of benzene rings is 25. The number of aromatic nitrogens is 6. The van der Waals surface area contributed by atoms with Crippen molar-refractivity contribution in [3.8, 4) is 78.1 Å². The Balaban J connectivity index is 0.000000102. The second kappa shape index (κ2) is 33.8. The Hall–Kier alpha value is -18.1. The van der Waals surface area contributed by atoms with Gasteiger partial charge in [0.1, 0.15) is 17.3 Å². The highest BCUT2D eigenvalue weighted by molar-refractivity contribution is 7.26. The van der Waals surface area contributed by atoms with Gasteiger partial charge in [-0.25, -0.2) is 15.0 Å². The monoisotopic (exact) mass is 1920 g/mol. The van der Waals surface area contributed by atoms with E-state index in [0.717, 1.165) is 73.6 Å². The zero-order chi connectivity index (χ0) is 96.7. The van der Waals surface area contributed by atoms with Crippen LogP contribution in [0.3, 0.4) is 0 Å². The Bertz CT molecular complexity index is 11000. The van der Waals surface area contributed by atoms with E-state index in [1.165, 1.54) is 241 Å². The Morgan fingerprint density at radius 3 is 0.837 bits per heavy atom. The number of imidazole rings is 3. The summed E-state index contributed by atoms with van der Waals surface area (Å²) in [6.45, 7) is 4.25. The first-order valence-electron chi connectivity index (χ1n) is 50.5. The van der Waals surface area contributed by atoms with Crippen LogP contribution in [0.5, 0.6) is 0 Å². The minimum absolute atomic E-state index is 0.872. The SMILES string of the molecule is CCc1nc2ccccc2n1-c1ccc(-c2c3ccccc3c(-c3ccc4c(c3)sc3cc5ccccc5cc34)c3ccccc23)cc1.Cc1nc2ccccc2n1-c1ccc(-c2c3ccccc3c(-c3ccc4c(c3)sc3cc5ccccc5cc34)c3ccccc23)cc1.c1ccc2cc3c(cc2c1)sc1cc(-c2c4ccccc4c(-c4ccc5c(c4)c4ccccc4c4nc6ccccc6n54)c4ccccc24)ccc13. The molecule has 0 radical (unpaired) electrons. The van der Waals surface area contributed by atoms with E-state index in [0.29, 0.717) is 0 Å². The zero-order valence-corrected chi connectivity index (χ0v) is 82.6. The lowest BCUT2D eigenvalue weighted by Gasteiger charge is -2.18. The number of para-hydroxylation sites is 6. The van der Waals surface area contributed by atoms with Crippen LogP contribution >= 0.6 is 34.0 Å². The molecule has 32 aromatic rings. The maximum atomic E-state index is 5.10. The molecule has 0 bridgehead atoms. The molecule has 0 spiro atoms. The molecule has 0 saturated heterocycles. The standard InChI is InChI=1S/C49H28N2S.C45H30N2S.C44H28N2S/c1-2-12-30-27-46-41(25-29(30)11-1)34-23-21-32(28-45(34)52-46)48-37-16-6-4-14-35(37)47(36-15-5-7-17-38(36)48)31-22-24-43-40(26-31)33-13-3-8-18-39(33)49-50-42-19-9-10-20-44(42)51(43)49;1-2-43-46-39-17-9-10-18-40(39)47(43)32-22-19-28(20-23-32)44-34-13-5-7-15-36(34)45(37-16-8-6-14-35(37)44)31-21-24-33-38-25-29-11-3-4-12-30(29)26-42(38)48-41(33)27-31;1-27-45-39-16-8-9-17-40(39)46(27)32-21-18-28(19-22-32)43-34-12-4-6-14-36(34)44(37-15-7-5-13-35(37)43)31-20-23-33-38-24-29-10-2-3-11-30(29)25-42(38)47-41(33)26-31/h1-28H;3-27H,2H2,1H3;2-26H,1H3. The molecule has 686 valence electrons. The summed E-state index contributed by atoms with van der Waals surface area (Å²) in [6, 6.07) is 174. The van der Waals surface area contributed by atoms with Crippen molar-refractivity contribution in [1.29, 1.82) is 0 Å². The molecule has 0 atom stereocenters. The fraction of sp³-hybridized carbons (Fsp3) is 0.0217. The van der Waals surface area contributed by atoms with Crippen LogP contribution in [0, 0.1) is 6.92 Å². The number of aryl methyl sites for hydroxylation is 2. The van der Waals surface area contributed by atoms with Gasteiger partial charge >= 0.3 is 0 Å². The number of rotatable bonds is 9. The van der Waals surface area contributed by atoms with Gasteiger partial charge in [0.25, 0.3) is 0 Å². The fourth-order valence-corrected chi connectivity index (χ4v) is 27.7. The van der Waals surface area contributed by atoms with Gasteiger partial charge in [-0.05, 0) is 303 Å². The van der Waals surface area contributed by atoms with Crippen LogP contribution in [0.1, 0.15) is 18.6 Å². The first kappa shape index (κ1) is 84.6. The third-order valence-electron chi connectivity index (χ3n) is 30.7. The Morgan fingerprint density at radius 2 is 0.463 bits per heavy atom. The highest BCUT2D eigenvalue weighted by Gasteiger charge is 2.26. The van der Waals surface area contributed by atoms with Crippen LogP contribution < -0.4 is 0 Å². The van der Waals surface area contributed by atoms with Crippen LogP contribution in [0.15, 0.2) is 473 Å². The highest BCUT2D eigenvalue weighted by atomic mass is 32.1. The summed E-state index contributed by atoms with van der Waals surface area (Å²) in [4.78, 5) is 14.8. The molecule has 147 heavy (non-hydrogen) atoms. The molecule has 0 fully saturated rings. The van der Waals surface area contributed by atoms with E-state index in [4.69, 9.17) is 15.0 Å². The number of hydrogen-bond donors (Lipinski definition) is 0. The van der Waals surface area contributed by atoms with Crippen molar-refractivity contribution in [3.63, 3.8) is 0 Å². The van der Waals surface area contributed by atoms with Gasteiger partial charge in [-0.1, -0.05) is 353 Å². The normalized spacial score (nSPS) is 12.0. The second-order valence-electron chi connectivity index (χ2n) is 38.9. The predicted octanol–water partition coefficient (Wildman–Crippen LogP) is 39.2. The fourth-order valence-electron chi connectivity index (χ4n) is 24.2. The van der Waals surface area contributed by atoms with Crippen LogP contribution in [0.25, 0.3) is 296 Å². The van der Waals surface area contributed by atoms with Gasteiger partial charge < -0.3 is 0 Å². The van der Waals surface area contributed by atoms with Crippen LogP contribution in [0.2, 0.25) is 0 Å². The molecule has 0 aliphatic rings. The van der Waals surface area contributed by atoms with E-state index in [2.05, 4.69) is 494 Å². The number of pyridine rings is 1. The third kappa shape index (κ3) is 13.5. The number of fused-ring (bicyclic) bond motifs is 28. The molecule has 6 nitrogen and oxygen atoms in total. The van der Waals surface area contributed by atoms with Gasteiger partial charge in [0.05, 0.1) is 38.6 Å². The third-order valence-corrected chi connectivity index (χ3v) is 34.1. The lowest BCUT2D eigenvalue weighted by molar-refractivity contribution is 0.908. The van der Waals surface area contributed by atoms with E-state index in [1.807, 2.05) is 40.1 Å². The average Bonchev–Trinajstić information content (AvgIpc) is 1.71. The van der Waals surface area contributed by atoms with Crippen LogP contribution in [-0.4, -0.2) is 28.5 Å². The molecule has 0 aliphatic carbocycles. The van der Waals surface area contributed by atoms with E-state index in [1.54, 1.807) is 0 Å². The topological polar surface area (TPSA) is 52.9 Å². The Kier molecular flexibility index (Phi) is 19.4. The Labute approximate surface area is 856 Å². The molecule has 9 heteroatoms. The zero-order valence-electron chi connectivity index (χ0n) is 80.1. The first-order chi connectivity index (χ1) is 72.7. The molecular weight excluding hydrogens is 1840 g/mol. The van der Waals surface area contributed by atoms with Crippen molar-refractivity contribution in [1.82, 2.24) is 28.5 Å². The van der Waals surface area contributed by atoms with Crippen LogP contribution in [0.4, 0.5) is 0 Å². The second-order valence-corrected chi connectivity index (χ2v) is 42.1. The van der Waals surface area contributed by atoms with Gasteiger partial charge in [-0.3, -0.25) is 13.5 Å². The van der Waals surface area contributed by atoms with Crippen molar-refractivity contribution < 1.29 is 0 Å². The van der Waals surface area contributed by atoms with Crippen LogP contribution in [-0.2, 0) is 6.42 Å². The minimum atomic E-state index is 0.872. The van der Waals surface area contributed by atoms with Crippen molar-refractivity contribution in [2.24, 2.45) is 0 Å². The summed E-state index contributed by atoms with van der Waals surface area (Å²) < 4.78 is 14.8. The predicted molar refractivity (Wildman–Crippen MR) is 633 cm³/mol. The molecule has 0 aliphatic heterocycles. The molecule has 0 unspecified atom stereocenters. The van der Waals surface area contributed by atoms with E-state index >= 15 is 0 Å². The van der Waals surface area contributed by atoms with Gasteiger partial charge in [-0.15, -0.1) is 34.0 Å². The molecule has 0 amide bonds. The number of nitrogens with zero attached hydrogens (tertiary/aromatic N) is 6. The van der Waals surface area contributed by atoms with E-state index in [9.17, 15) is 0 Å². The molecule has 32 rings (SSSR count). The molecular formula is C138H86N6S3. The maximum Gasteiger partial charge on any atom is 0.146 e. The molecule has 0 N–H and O–H groups in total. The molecule has 25 aromatic carbocycles.